The normalized spacial score (nSPS) is 11.7. The van der Waals surface area contributed by atoms with E-state index in [-0.39, 0.29) is 16.2 Å². The van der Waals surface area contributed by atoms with Gasteiger partial charge >= 0.3 is 5.97 Å². The number of pyridine rings is 2. The van der Waals surface area contributed by atoms with Gasteiger partial charge in [0.1, 0.15) is 11.3 Å². The van der Waals surface area contributed by atoms with Gasteiger partial charge in [-0.3, -0.25) is 4.98 Å². The SMILES string of the molecule is Cc1cccc(-c2nn3cc(S(C)(=O)=O)ccc3c2C(=O)O)n1. The maximum atomic E-state index is 11.6. The number of aryl methyl sites for hydroxylation is 1. The van der Waals surface area contributed by atoms with Crippen LogP contribution in [0.25, 0.3) is 16.9 Å². The van der Waals surface area contributed by atoms with Gasteiger partial charge in [-0.25, -0.2) is 17.7 Å². The van der Waals surface area contributed by atoms with Crippen LogP contribution in [0.4, 0.5) is 0 Å². The van der Waals surface area contributed by atoms with Crippen molar-refractivity contribution < 1.29 is 18.3 Å². The van der Waals surface area contributed by atoms with Crippen LogP contribution in [0.5, 0.6) is 0 Å². The molecule has 0 fully saturated rings. The molecule has 0 atom stereocenters. The molecule has 3 aromatic heterocycles. The van der Waals surface area contributed by atoms with Crippen LogP contribution in [0.15, 0.2) is 41.4 Å². The fourth-order valence-electron chi connectivity index (χ4n) is 2.31. The van der Waals surface area contributed by atoms with Gasteiger partial charge in [-0.1, -0.05) is 6.07 Å². The summed E-state index contributed by atoms with van der Waals surface area (Å²) < 4.78 is 24.6. The number of rotatable bonds is 3. The molecule has 3 rings (SSSR count). The molecule has 0 radical (unpaired) electrons. The highest BCUT2D eigenvalue weighted by Crippen LogP contribution is 2.26. The first-order chi connectivity index (χ1) is 10.8. The molecule has 0 saturated carbocycles. The van der Waals surface area contributed by atoms with Crippen LogP contribution >= 0.6 is 0 Å². The molecule has 3 aromatic rings. The van der Waals surface area contributed by atoms with Crippen LogP contribution in [-0.2, 0) is 9.84 Å². The molecule has 23 heavy (non-hydrogen) atoms. The standard InChI is InChI=1S/C15H13N3O4S/c1-9-4-3-5-11(16-9)14-13(15(19)20)12-7-6-10(23(2,21)22)8-18(12)17-14/h3-8H,1-2H3,(H,19,20). The second kappa shape index (κ2) is 5.17. The Morgan fingerprint density at radius 2 is 1.96 bits per heavy atom. The van der Waals surface area contributed by atoms with Gasteiger partial charge in [0, 0.05) is 18.1 Å². The molecule has 1 N–H and O–H groups in total. The Morgan fingerprint density at radius 1 is 1.22 bits per heavy atom. The molecule has 0 aromatic carbocycles. The lowest BCUT2D eigenvalue weighted by Gasteiger charge is -1.99. The molecule has 0 amide bonds. The van der Waals surface area contributed by atoms with Gasteiger partial charge in [-0.05, 0) is 31.2 Å². The summed E-state index contributed by atoms with van der Waals surface area (Å²) in [7, 11) is -3.41. The van der Waals surface area contributed by atoms with Gasteiger partial charge in [0.2, 0.25) is 0 Å². The molecule has 0 aliphatic heterocycles. The Labute approximate surface area is 132 Å². The molecule has 0 aliphatic carbocycles. The van der Waals surface area contributed by atoms with Crippen molar-refractivity contribution in [3.63, 3.8) is 0 Å². The van der Waals surface area contributed by atoms with Crippen LogP contribution in [0, 0.1) is 6.92 Å². The number of fused-ring (bicyclic) bond motifs is 1. The summed E-state index contributed by atoms with van der Waals surface area (Å²) in [5, 5.41) is 13.7. The minimum atomic E-state index is -3.41. The highest BCUT2D eigenvalue weighted by Gasteiger charge is 2.22. The van der Waals surface area contributed by atoms with Crippen molar-refractivity contribution >= 4 is 21.3 Å². The van der Waals surface area contributed by atoms with Gasteiger partial charge in [-0.2, -0.15) is 5.10 Å². The Balaban J connectivity index is 2.34. The Bertz CT molecular complexity index is 1040. The van der Waals surface area contributed by atoms with Crippen molar-refractivity contribution in [3.05, 3.63) is 47.8 Å². The molecular formula is C15H13N3O4S. The maximum Gasteiger partial charge on any atom is 0.340 e. The number of aromatic nitrogens is 3. The number of aromatic carboxylic acids is 1. The van der Waals surface area contributed by atoms with Crippen LogP contribution in [0.3, 0.4) is 0 Å². The second-order valence-corrected chi connectivity index (χ2v) is 7.18. The van der Waals surface area contributed by atoms with Crippen molar-refractivity contribution in [2.24, 2.45) is 0 Å². The summed E-state index contributed by atoms with van der Waals surface area (Å²) >= 11 is 0. The van der Waals surface area contributed by atoms with Crippen LogP contribution in [0.2, 0.25) is 0 Å². The summed E-state index contributed by atoms with van der Waals surface area (Å²) in [5.74, 6) is -1.15. The lowest BCUT2D eigenvalue weighted by molar-refractivity contribution is 0.0699. The third-order valence-corrected chi connectivity index (χ3v) is 4.47. The van der Waals surface area contributed by atoms with Crippen molar-refractivity contribution in [3.8, 4) is 11.4 Å². The molecule has 0 spiro atoms. The van der Waals surface area contributed by atoms with E-state index in [1.165, 1.54) is 22.8 Å². The van der Waals surface area contributed by atoms with Crippen molar-refractivity contribution in [2.45, 2.75) is 11.8 Å². The molecular weight excluding hydrogens is 318 g/mol. The second-order valence-electron chi connectivity index (χ2n) is 5.16. The topological polar surface area (TPSA) is 102 Å². The first kappa shape index (κ1) is 15.2. The van der Waals surface area contributed by atoms with E-state index < -0.39 is 15.8 Å². The van der Waals surface area contributed by atoms with E-state index in [1.54, 1.807) is 25.1 Å². The first-order valence-electron chi connectivity index (χ1n) is 6.67. The third kappa shape index (κ3) is 2.68. The van der Waals surface area contributed by atoms with E-state index in [4.69, 9.17) is 0 Å². The average molecular weight is 331 g/mol. The highest BCUT2D eigenvalue weighted by atomic mass is 32.2. The number of hydrogen-bond acceptors (Lipinski definition) is 5. The van der Waals surface area contributed by atoms with E-state index >= 15 is 0 Å². The van der Waals surface area contributed by atoms with Gasteiger partial charge in [0.25, 0.3) is 0 Å². The minimum absolute atomic E-state index is 0.0110. The zero-order chi connectivity index (χ0) is 16.8. The van der Waals surface area contributed by atoms with Gasteiger partial charge in [-0.15, -0.1) is 0 Å². The number of carboxylic acid groups (broad SMARTS) is 1. The van der Waals surface area contributed by atoms with E-state index in [1.807, 2.05) is 0 Å². The summed E-state index contributed by atoms with van der Waals surface area (Å²) in [6, 6.07) is 8.02. The lowest BCUT2D eigenvalue weighted by atomic mass is 10.1. The Hall–Kier alpha value is -2.74. The van der Waals surface area contributed by atoms with Gasteiger partial charge in [0.15, 0.2) is 9.84 Å². The van der Waals surface area contributed by atoms with Crippen LogP contribution in [-0.4, -0.2) is 40.3 Å². The smallest absolute Gasteiger partial charge is 0.340 e. The lowest BCUT2D eigenvalue weighted by Crippen LogP contribution is -2.01. The average Bonchev–Trinajstić information content (AvgIpc) is 2.84. The fourth-order valence-corrected chi connectivity index (χ4v) is 2.92. The number of carbonyl (C=O) groups is 1. The molecule has 0 unspecified atom stereocenters. The molecule has 118 valence electrons. The number of sulfone groups is 1. The monoisotopic (exact) mass is 331 g/mol. The molecule has 3 heterocycles. The van der Waals surface area contributed by atoms with E-state index in [0.717, 1.165) is 11.9 Å². The Kier molecular flexibility index (Phi) is 3.41. The molecule has 0 bridgehead atoms. The van der Waals surface area contributed by atoms with E-state index in [0.29, 0.717) is 11.2 Å². The third-order valence-electron chi connectivity index (χ3n) is 3.38. The number of nitrogens with zero attached hydrogens (tertiary/aromatic N) is 3. The maximum absolute atomic E-state index is 11.6. The van der Waals surface area contributed by atoms with Crippen molar-refractivity contribution in [1.29, 1.82) is 0 Å². The quantitative estimate of drug-likeness (QED) is 0.785. The van der Waals surface area contributed by atoms with Crippen LogP contribution in [0.1, 0.15) is 16.1 Å². The predicted octanol–water partition coefficient (Wildman–Crippen LogP) is 1.81. The van der Waals surface area contributed by atoms with E-state index in [9.17, 15) is 18.3 Å². The summed E-state index contributed by atoms with van der Waals surface area (Å²) in [4.78, 5) is 16.0. The van der Waals surface area contributed by atoms with Crippen LogP contribution < -0.4 is 0 Å². The summed E-state index contributed by atoms with van der Waals surface area (Å²) in [5.41, 5.74) is 1.65. The number of carboxylic acids is 1. The summed E-state index contributed by atoms with van der Waals surface area (Å²) in [6.45, 7) is 1.79. The predicted molar refractivity (Wildman–Crippen MR) is 83.2 cm³/mol. The molecule has 0 aliphatic rings. The molecule has 0 saturated heterocycles. The minimum Gasteiger partial charge on any atom is -0.478 e. The van der Waals surface area contributed by atoms with Gasteiger partial charge in [0.05, 0.1) is 16.1 Å². The molecule has 7 nitrogen and oxygen atoms in total. The van der Waals surface area contributed by atoms with Gasteiger partial charge < -0.3 is 5.11 Å². The largest absolute Gasteiger partial charge is 0.478 e. The Morgan fingerprint density at radius 3 is 2.57 bits per heavy atom. The van der Waals surface area contributed by atoms with E-state index in [2.05, 4.69) is 10.1 Å². The zero-order valence-corrected chi connectivity index (χ0v) is 13.2. The zero-order valence-electron chi connectivity index (χ0n) is 12.4. The highest BCUT2D eigenvalue weighted by molar-refractivity contribution is 7.90. The molecule has 8 heteroatoms. The van der Waals surface area contributed by atoms with Crippen molar-refractivity contribution in [2.75, 3.05) is 6.26 Å². The van der Waals surface area contributed by atoms with Crippen molar-refractivity contribution in [1.82, 2.24) is 14.6 Å². The fraction of sp³-hybridized carbons (Fsp3) is 0.133. The summed E-state index contributed by atoms with van der Waals surface area (Å²) in [6.07, 6.45) is 2.38. The number of hydrogen-bond donors (Lipinski definition) is 1. The first-order valence-corrected chi connectivity index (χ1v) is 8.56.